The van der Waals surface area contributed by atoms with Gasteiger partial charge in [0.05, 0.1) is 17.2 Å². The molecular weight excluding hydrogens is 150 g/mol. The van der Waals surface area contributed by atoms with Crippen LogP contribution in [-0.2, 0) is 0 Å². The van der Waals surface area contributed by atoms with Crippen molar-refractivity contribution in [3.63, 3.8) is 0 Å². The number of rotatable bonds is 0. The van der Waals surface area contributed by atoms with E-state index in [1.165, 1.54) is 6.33 Å². The Balaban J connectivity index is 2.88. The lowest BCUT2D eigenvalue weighted by Gasteiger charge is -1.82. The lowest BCUT2D eigenvalue weighted by molar-refractivity contribution is 1.22. The third-order valence-corrected chi connectivity index (χ3v) is 1.46. The molecule has 0 amide bonds. The molecule has 2 aromatic rings. The highest BCUT2D eigenvalue weighted by Gasteiger charge is 1.96. The average Bonchev–Trinajstić information content (AvgIpc) is 2.27. The van der Waals surface area contributed by atoms with Crippen molar-refractivity contribution >= 4 is 22.6 Å². The summed E-state index contributed by atoms with van der Waals surface area (Å²) in [6.45, 7) is 0. The van der Waals surface area contributed by atoms with E-state index in [0.717, 1.165) is 11.0 Å². The van der Waals surface area contributed by atoms with Crippen molar-refractivity contribution in [1.29, 1.82) is 0 Å². The Morgan fingerprint density at radius 2 is 2.40 bits per heavy atom. The van der Waals surface area contributed by atoms with Gasteiger partial charge in [-0.3, -0.25) is 0 Å². The van der Waals surface area contributed by atoms with Crippen molar-refractivity contribution in [3.8, 4) is 0 Å². The first-order valence-corrected chi connectivity index (χ1v) is 3.18. The third kappa shape index (κ3) is 0.752. The zero-order valence-corrected chi connectivity index (χ0v) is 5.76. The van der Waals surface area contributed by atoms with Gasteiger partial charge in [-0.25, -0.2) is 9.97 Å². The van der Waals surface area contributed by atoms with Crippen molar-refractivity contribution in [2.24, 2.45) is 0 Å². The summed E-state index contributed by atoms with van der Waals surface area (Å²) in [6, 6.07) is 1.76. The summed E-state index contributed by atoms with van der Waals surface area (Å²) in [7, 11) is 0. The molecule has 1 N–H and O–H groups in total. The number of halogens is 1. The fourth-order valence-electron chi connectivity index (χ4n) is 0.835. The van der Waals surface area contributed by atoms with Crippen LogP contribution in [0.25, 0.3) is 11.0 Å². The largest absolute Gasteiger partial charge is 0.343 e. The van der Waals surface area contributed by atoms with Gasteiger partial charge < -0.3 is 4.98 Å². The zero-order valence-electron chi connectivity index (χ0n) is 5.00. The summed E-state index contributed by atoms with van der Waals surface area (Å²) in [4.78, 5) is 10.7. The van der Waals surface area contributed by atoms with Gasteiger partial charge in [-0.1, -0.05) is 11.6 Å². The van der Waals surface area contributed by atoms with Gasteiger partial charge >= 0.3 is 0 Å². The van der Waals surface area contributed by atoms with Gasteiger partial charge in [-0.2, -0.15) is 0 Å². The Bertz CT molecular complexity index is 322. The molecule has 0 aromatic carbocycles. The fraction of sp³-hybridized carbons (Fsp3) is 0. The Kier molecular flexibility index (Phi) is 1.11. The average molecular weight is 154 g/mol. The number of fused-ring (bicyclic) bond motifs is 1. The van der Waals surface area contributed by atoms with E-state index in [1.54, 1.807) is 12.3 Å². The van der Waals surface area contributed by atoms with Gasteiger partial charge in [-0.15, -0.1) is 0 Å². The maximum atomic E-state index is 5.66. The Labute approximate surface area is 62.1 Å². The first-order chi connectivity index (χ1) is 4.86. The molecule has 0 unspecified atom stereocenters. The van der Waals surface area contributed by atoms with Crippen LogP contribution in [0.2, 0.25) is 5.15 Å². The Morgan fingerprint density at radius 1 is 1.50 bits per heavy atom. The number of hydrogen-bond donors (Lipinski definition) is 1. The molecule has 0 saturated carbocycles. The molecule has 0 bridgehead atoms. The fourth-order valence-corrected chi connectivity index (χ4v) is 1.04. The Hall–Kier alpha value is -1.09. The van der Waals surface area contributed by atoms with E-state index in [9.17, 15) is 0 Å². The maximum Gasteiger partial charge on any atom is 0.116 e. The van der Waals surface area contributed by atoms with E-state index in [0.29, 0.717) is 5.15 Å². The molecule has 2 aromatic heterocycles. The van der Waals surface area contributed by atoms with Crippen molar-refractivity contribution in [3.05, 3.63) is 23.7 Å². The van der Waals surface area contributed by atoms with E-state index >= 15 is 0 Å². The maximum absolute atomic E-state index is 5.66. The predicted octanol–water partition coefficient (Wildman–Crippen LogP) is 1.61. The number of hydrogen-bond acceptors (Lipinski definition) is 2. The number of aromatic amines is 1. The van der Waals surface area contributed by atoms with Gasteiger partial charge in [0, 0.05) is 6.07 Å². The van der Waals surface area contributed by atoms with Crippen molar-refractivity contribution in [2.75, 3.05) is 0 Å². The minimum absolute atomic E-state index is 0.593. The molecule has 0 aliphatic heterocycles. The van der Waals surface area contributed by atoms with Gasteiger partial charge in [0.1, 0.15) is 11.5 Å². The van der Waals surface area contributed by atoms with Gasteiger partial charge in [0.2, 0.25) is 0 Å². The van der Waals surface area contributed by atoms with Crippen LogP contribution >= 0.6 is 11.6 Å². The number of nitrogens with one attached hydrogen (secondary N) is 1. The van der Waals surface area contributed by atoms with E-state index in [-0.39, 0.29) is 0 Å². The summed E-state index contributed by atoms with van der Waals surface area (Å²) in [5.74, 6) is 0. The molecule has 3 nitrogen and oxygen atoms in total. The molecule has 4 heteroatoms. The first kappa shape index (κ1) is 5.68. The number of H-pyrrole nitrogens is 1. The van der Waals surface area contributed by atoms with Gasteiger partial charge in [0.25, 0.3) is 0 Å². The number of nitrogens with zero attached hydrogens (tertiary/aromatic N) is 2. The quantitative estimate of drug-likeness (QED) is 0.625. The molecule has 0 saturated heterocycles. The highest BCUT2D eigenvalue weighted by atomic mass is 35.5. The molecule has 2 rings (SSSR count). The van der Waals surface area contributed by atoms with Gasteiger partial charge in [-0.05, 0) is 0 Å². The molecule has 0 aliphatic carbocycles. The molecular formula is C6H4ClN3. The highest BCUT2D eigenvalue weighted by Crippen LogP contribution is 2.13. The van der Waals surface area contributed by atoms with Crippen LogP contribution in [0.1, 0.15) is 0 Å². The van der Waals surface area contributed by atoms with Gasteiger partial charge in [0.15, 0.2) is 0 Å². The second-order valence-corrected chi connectivity index (χ2v) is 2.35. The summed E-state index contributed by atoms with van der Waals surface area (Å²) in [5.41, 5.74) is 1.72. The van der Waals surface area contributed by atoms with Crippen LogP contribution in [0, 0.1) is 0 Å². The monoisotopic (exact) mass is 153 g/mol. The lowest BCUT2D eigenvalue weighted by atomic mass is 10.5. The molecule has 0 aliphatic rings. The zero-order chi connectivity index (χ0) is 6.97. The number of aromatic nitrogens is 3. The molecule has 0 spiro atoms. The summed E-state index contributed by atoms with van der Waals surface area (Å²) >= 11 is 5.66. The van der Waals surface area contributed by atoms with Crippen LogP contribution in [-0.4, -0.2) is 15.0 Å². The minimum atomic E-state index is 0.593. The first-order valence-electron chi connectivity index (χ1n) is 2.80. The molecule has 0 radical (unpaired) electrons. The lowest BCUT2D eigenvalue weighted by Crippen LogP contribution is -1.74. The van der Waals surface area contributed by atoms with E-state index in [4.69, 9.17) is 11.6 Å². The standard InChI is InChI=1S/C6H4ClN3/c7-6-1-4-5(10-6)2-8-3-9-4/h1-3,10H. The Morgan fingerprint density at radius 3 is 3.20 bits per heavy atom. The van der Waals surface area contributed by atoms with Crippen LogP contribution in [0.4, 0.5) is 0 Å². The smallest absolute Gasteiger partial charge is 0.116 e. The second-order valence-electron chi connectivity index (χ2n) is 1.94. The molecule has 50 valence electrons. The summed E-state index contributed by atoms with van der Waals surface area (Å²) < 4.78 is 0. The van der Waals surface area contributed by atoms with Crippen molar-refractivity contribution < 1.29 is 0 Å². The molecule has 0 atom stereocenters. The van der Waals surface area contributed by atoms with Crippen molar-refractivity contribution in [2.45, 2.75) is 0 Å². The minimum Gasteiger partial charge on any atom is -0.343 e. The van der Waals surface area contributed by atoms with E-state index in [1.807, 2.05) is 0 Å². The summed E-state index contributed by atoms with van der Waals surface area (Å²) in [5, 5.41) is 0.593. The third-order valence-electron chi connectivity index (χ3n) is 1.26. The predicted molar refractivity (Wildman–Crippen MR) is 38.9 cm³/mol. The summed E-state index contributed by atoms with van der Waals surface area (Å²) in [6.07, 6.45) is 3.18. The van der Waals surface area contributed by atoms with Crippen LogP contribution in [0.3, 0.4) is 0 Å². The molecule has 0 fully saturated rings. The molecule has 2 heterocycles. The topological polar surface area (TPSA) is 41.6 Å². The SMILES string of the molecule is Clc1cc2ncncc2[nH]1. The van der Waals surface area contributed by atoms with E-state index in [2.05, 4.69) is 15.0 Å². The van der Waals surface area contributed by atoms with E-state index < -0.39 is 0 Å². The van der Waals surface area contributed by atoms with Crippen molar-refractivity contribution in [1.82, 2.24) is 15.0 Å². The van der Waals surface area contributed by atoms with Crippen LogP contribution in [0.15, 0.2) is 18.6 Å². The molecule has 10 heavy (non-hydrogen) atoms. The second kappa shape index (κ2) is 1.95. The van der Waals surface area contributed by atoms with Crippen LogP contribution in [0.5, 0.6) is 0 Å². The van der Waals surface area contributed by atoms with Crippen LogP contribution < -0.4 is 0 Å². The highest BCUT2D eigenvalue weighted by molar-refractivity contribution is 6.30. The normalized spacial score (nSPS) is 10.5.